The summed E-state index contributed by atoms with van der Waals surface area (Å²) in [5.41, 5.74) is 0. The molecule has 0 aliphatic heterocycles. The van der Waals surface area contributed by atoms with E-state index in [2.05, 4.69) is 5.32 Å². The molecular weight excluding hydrogens is 242 g/mol. The van der Waals surface area contributed by atoms with E-state index in [0.717, 1.165) is 25.7 Å². The van der Waals surface area contributed by atoms with E-state index in [1.165, 1.54) is 0 Å². The van der Waals surface area contributed by atoms with Gasteiger partial charge in [-0.25, -0.2) is 0 Å². The lowest BCUT2D eigenvalue weighted by Crippen LogP contribution is -2.35. The lowest BCUT2D eigenvalue weighted by molar-refractivity contribution is -0.123. The molecule has 4 heteroatoms. The highest BCUT2D eigenvalue weighted by Gasteiger charge is 2.20. The molecule has 1 aromatic rings. The summed E-state index contributed by atoms with van der Waals surface area (Å²) in [6.45, 7) is 0.674. The minimum absolute atomic E-state index is 0.0410. The molecule has 1 saturated carbocycles. The molecule has 0 bridgehead atoms. The maximum atomic E-state index is 11.6. The second-order valence-electron chi connectivity index (χ2n) is 5.09. The Morgan fingerprint density at radius 1 is 1.32 bits per heavy atom. The van der Waals surface area contributed by atoms with Crippen molar-refractivity contribution >= 4 is 5.91 Å². The molecule has 0 spiro atoms. The lowest BCUT2D eigenvalue weighted by Gasteiger charge is -2.25. The van der Waals surface area contributed by atoms with Crippen molar-refractivity contribution in [3.8, 4) is 5.75 Å². The smallest absolute Gasteiger partial charge is 0.257 e. The highest BCUT2D eigenvalue weighted by Crippen LogP contribution is 2.23. The second kappa shape index (κ2) is 7.14. The first kappa shape index (κ1) is 13.9. The van der Waals surface area contributed by atoms with E-state index in [-0.39, 0.29) is 18.6 Å². The Bertz CT molecular complexity index is 394. The van der Waals surface area contributed by atoms with Gasteiger partial charge >= 0.3 is 0 Å². The second-order valence-corrected chi connectivity index (χ2v) is 5.09. The first-order chi connectivity index (χ1) is 9.24. The van der Waals surface area contributed by atoms with Gasteiger partial charge in [-0.1, -0.05) is 24.6 Å². The Hall–Kier alpha value is -1.55. The molecular formula is C15H21NO3. The Morgan fingerprint density at radius 2 is 2.11 bits per heavy atom. The van der Waals surface area contributed by atoms with Gasteiger partial charge in [0.25, 0.3) is 5.91 Å². The van der Waals surface area contributed by atoms with Crippen LogP contribution >= 0.6 is 0 Å². The van der Waals surface area contributed by atoms with Crippen LogP contribution in [0.1, 0.15) is 25.7 Å². The molecule has 0 heterocycles. The summed E-state index contributed by atoms with van der Waals surface area (Å²) in [5, 5.41) is 12.4. The SMILES string of the molecule is O=C(COc1ccccc1)NCC1CCCC(O)C1. The van der Waals surface area contributed by atoms with Gasteiger partial charge in [-0.05, 0) is 37.3 Å². The normalized spacial score (nSPS) is 22.8. The zero-order valence-corrected chi connectivity index (χ0v) is 11.0. The largest absolute Gasteiger partial charge is 0.484 e. The number of hydrogen-bond acceptors (Lipinski definition) is 3. The zero-order chi connectivity index (χ0) is 13.5. The van der Waals surface area contributed by atoms with Gasteiger partial charge in [0, 0.05) is 6.54 Å². The number of para-hydroxylation sites is 1. The summed E-state index contributed by atoms with van der Waals surface area (Å²) in [7, 11) is 0. The maximum absolute atomic E-state index is 11.6. The van der Waals surface area contributed by atoms with Gasteiger partial charge in [0.05, 0.1) is 6.10 Å². The Balaban J connectivity index is 1.64. The van der Waals surface area contributed by atoms with Crippen LogP contribution in [-0.2, 0) is 4.79 Å². The number of benzene rings is 1. The van der Waals surface area contributed by atoms with Gasteiger partial charge in [0.2, 0.25) is 0 Å². The fraction of sp³-hybridized carbons (Fsp3) is 0.533. The summed E-state index contributed by atoms with van der Waals surface area (Å²) >= 11 is 0. The van der Waals surface area contributed by atoms with E-state index in [0.29, 0.717) is 18.2 Å². The molecule has 0 saturated heterocycles. The van der Waals surface area contributed by atoms with E-state index in [4.69, 9.17) is 4.74 Å². The first-order valence-electron chi connectivity index (χ1n) is 6.86. The van der Waals surface area contributed by atoms with Crippen molar-refractivity contribution in [3.63, 3.8) is 0 Å². The predicted molar refractivity (Wildman–Crippen MR) is 72.9 cm³/mol. The summed E-state index contributed by atoms with van der Waals surface area (Å²) in [5.74, 6) is 0.985. The third kappa shape index (κ3) is 4.91. The third-order valence-electron chi connectivity index (χ3n) is 3.46. The number of rotatable bonds is 5. The molecule has 0 radical (unpaired) electrons. The van der Waals surface area contributed by atoms with Crippen LogP contribution in [0.4, 0.5) is 0 Å². The number of ether oxygens (including phenoxy) is 1. The minimum Gasteiger partial charge on any atom is -0.484 e. The van der Waals surface area contributed by atoms with Crippen LogP contribution in [0.3, 0.4) is 0 Å². The van der Waals surface area contributed by atoms with Gasteiger partial charge in [-0.3, -0.25) is 4.79 Å². The number of aliphatic hydroxyl groups is 1. The van der Waals surface area contributed by atoms with Crippen molar-refractivity contribution in [3.05, 3.63) is 30.3 Å². The average molecular weight is 263 g/mol. The standard InChI is InChI=1S/C15H21NO3/c17-13-6-4-5-12(9-13)10-16-15(18)11-19-14-7-2-1-3-8-14/h1-3,7-8,12-13,17H,4-6,9-11H2,(H,16,18). The number of carbonyl (C=O) groups excluding carboxylic acids is 1. The summed E-state index contributed by atoms with van der Waals surface area (Å²) in [6, 6.07) is 9.30. The van der Waals surface area contributed by atoms with Crippen molar-refractivity contribution < 1.29 is 14.6 Å². The zero-order valence-electron chi connectivity index (χ0n) is 11.0. The topological polar surface area (TPSA) is 58.6 Å². The fourth-order valence-electron chi connectivity index (χ4n) is 2.42. The van der Waals surface area contributed by atoms with E-state index >= 15 is 0 Å². The molecule has 2 rings (SSSR count). The van der Waals surface area contributed by atoms with Crippen LogP contribution in [0.25, 0.3) is 0 Å². The monoisotopic (exact) mass is 263 g/mol. The van der Waals surface area contributed by atoms with Gasteiger partial charge in [0.15, 0.2) is 6.61 Å². The van der Waals surface area contributed by atoms with Crippen molar-refractivity contribution in [2.45, 2.75) is 31.8 Å². The predicted octanol–water partition coefficient (Wildman–Crippen LogP) is 1.73. The molecule has 1 aromatic carbocycles. The van der Waals surface area contributed by atoms with Crippen molar-refractivity contribution in [1.29, 1.82) is 0 Å². The van der Waals surface area contributed by atoms with E-state index in [1.54, 1.807) is 0 Å². The Morgan fingerprint density at radius 3 is 2.84 bits per heavy atom. The molecule has 2 atom stereocenters. The van der Waals surface area contributed by atoms with Gasteiger partial charge in [-0.2, -0.15) is 0 Å². The Labute approximate surface area is 113 Å². The molecule has 2 N–H and O–H groups in total. The summed E-state index contributed by atoms with van der Waals surface area (Å²) in [4.78, 5) is 11.6. The van der Waals surface area contributed by atoms with Crippen molar-refractivity contribution in [2.75, 3.05) is 13.2 Å². The maximum Gasteiger partial charge on any atom is 0.257 e. The summed E-state index contributed by atoms with van der Waals surface area (Å²) < 4.78 is 5.37. The van der Waals surface area contributed by atoms with Crippen LogP contribution in [0.15, 0.2) is 30.3 Å². The van der Waals surface area contributed by atoms with Gasteiger partial charge in [0.1, 0.15) is 5.75 Å². The quantitative estimate of drug-likeness (QED) is 0.850. The van der Waals surface area contributed by atoms with Crippen LogP contribution in [0, 0.1) is 5.92 Å². The van der Waals surface area contributed by atoms with Gasteiger partial charge in [-0.15, -0.1) is 0 Å². The molecule has 19 heavy (non-hydrogen) atoms. The number of aliphatic hydroxyl groups excluding tert-OH is 1. The molecule has 0 aromatic heterocycles. The highest BCUT2D eigenvalue weighted by molar-refractivity contribution is 5.77. The highest BCUT2D eigenvalue weighted by atomic mass is 16.5. The number of carbonyl (C=O) groups is 1. The lowest BCUT2D eigenvalue weighted by atomic mass is 9.87. The van der Waals surface area contributed by atoms with Crippen LogP contribution in [0.2, 0.25) is 0 Å². The van der Waals surface area contributed by atoms with E-state index in [9.17, 15) is 9.90 Å². The molecule has 1 fully saturated rings. The number of amides is 1. The molecule has 1 aliphatic carbocycles. The molecule has 104 valence electrons. The first-order valence-corrected chi connectivity index (χ1v) is 6.86. The van der Waals surface area contributed by atoms with Crippen LogP contribution in [-0.4, -0.2) is 30.3 Å². The van der Waals surface area contributed by atoms with E-state index in [1.807, 2.05) is 30.3 Å². The van der Waals surface area contributed by atoms with E-state index < -0.39 is 0 Å². The minimum atomic E-state index is -0.198. The number of nitrogens with one attached hydrogen (secondary N) is 1. The Kier molecular flexibility index (Phi) is 5.21. The number of hydrogen-bond donors (Lipinski definition) is 2. The van der Waals surface area contributed by atoms with Crippen molar-refractivity contribution in [1.82, 2.24) is 5.32 Å². The molecule has 2 unspecified atom stereocenters. The van der Waals surface area contributed by atoms with Crippen molar-refractivity contribution in [2.24, 2.45) is 5.92 Å². The third-order valence-corrected chi connectivity index (χ3v) is 3.46. The fourth-order valence-corrected chi connectivity index (χ4v) is 2.42. The molecule has 4 nitrogen and oxygen atoms in total. The molecule has 1 aliphatic rings. The van der Waals surface area contributed by atoms with Gasteiger partial charge < -0.3 is 15.2 Å². The van der Waals surface area contributed by atoms with Crippen LogP contribution < -0.4 is 10.1 Å². The van der Waals surface area contributed by atoms with Crippen LogP contribution in [0.5, 0.6) is 5.75 Å². The average Bonchev–Trinajstić information content (AvgIpc) is 2.44. The summed E-state index contributed by atoms with van der Waals surface area (Å²) in [6.07, 6.45) is 3.61. The molecule has 1 amide bonds.